The van der Waals surface area contributed by atoms with Crippen molar-refractivity contribution in [2.24, 2.45) is 27.0 Å². The standard InChI is InChI=1S/C24H25N5O3S/c1-23(2)15-10-11-24(23,3)20(13-15)26-27-22-25-21(30)19(33-22)14-18-5-4-12-28(18)16-6-8-17(9-7-16)29(31)32/h4-9,12,14-15H,10-11,13H2,1-3H3,(H,25,27,30). The molecule has 1 amide bonds. The molecule has 170 valence electrons. The summed E-state index contributed by atoms with van der Waals surface area (Å²) in [6.07, 6.45) is 7.00. The minimum absolute atomic E-state index is 0.0340. The molecule has 2 atom stereocenters. The number of hydrogen-bond donors (Lipinski definition) is 1. The highest BCUT2D eigenvalue weighted by Gasteiger charge is 2.60. The van der Waals surface area contributed by atoms with E-state index >= 15 is 0 Å². The van der Waals surface area contributed by atoms with E-state index in [1.54, 1.807) is 18.2 Å². The number of carbonyl (C=O) groups excluding carboxylic acids is 1. The molecule has 2 aliphatic carbocycles. The topological polar surface area (TPSA) is 102 Å². The molecule has 1 aromatic heterocycles. The number of nitrogens with zero attached hydrogens (tertiary/aromatic N) is 4. The lowest BCUT2D eigenvalue weighted by molar-refractivity contribution is -0.384. The third kappa shape index (κ3) is 3.51. The molecule has 5 rings (SSSR count). The molecule has 2 bridgehead atoms. The number of rotatable bonds is 4. The Balaban J connectivity index is 1.37. The number of amides is 1. The van der Waals surface area contributed by atoms with Crippen LogP contribution in [0.3, 0.4) is 0 Å². The minimum Gasteiger partial charge on any atom is -0.317 e. The number of nitro benzene ring substituents is 1. The maximum atomic E-state index is 12.6. The zero-order chi connectivity index (χ0) is 23.4. The molecule has 1 saturated heterocycles. The Bertz CT molecular complexity index is 1240. The van der Waals surface area contributed by atoms with Crippen LogP contribution in [0.15, 0.2) is 57.7 Å². The lowest BCUT2D eigenvalue weighted by Gasteiger charge is -2.34. The number of thioether (sulfide) groups is 1. The van der Waals surface area contributed by atoms with Crippen LogP contribution in [0.25, 0.3) is 11.8 Å². The first-order valence-corrected chi connectivity index (χ1v) is 11.8. The molecule has 0 radical (unpaired) electrons. The second kappa shape index (κ2) is 7.69. The fourth-order valence-electron chi connectivity index (χ4n) is 5.28. The molecule has 0 spiro atoms. The number of carbonyl (C=O) groups is 1. The van der Waals surface area contributed by atoms with Crippen molar-refractivity contribution < 1.29 is 9.72 Å². The van der Waals surface area contributed by atoms with E-state index in [4.69, 9.17) is 0 Å². The minimum atomic E-state index is -0.427. The maximum absolute atomic E-state index is 12.6. The van der Waals surface area contributed by atoms with Crippen LogP contribution in [0.5, 0.6) is 0 Å². The fourth-order valence-corrected chi connectivity index (χ4v) is 6.03. The van der Waals surface area contributed by atoms with Crippen LogP contribution in [0.4, 0.5) is 5.69 Å². The van der Waals surface area contributed by atoms with Crippen molar-refractivity contribution in [1.82, 2.24) is 9.88 Å². The van der Waals surface area contributed by atoms with Crippen LogP contribution in [0.2, 0.25) is 0 Å². The highest BCUT2D eigenvalue weighted by Crippen LogP contribution is 2.64. The summed E-state index contributed by atoms with van der Waals surface area (Å²) in [6.45, 7) is 6.94. The summed E-state index contributed by atoms with van der Waals surface area (Å²) in [5, 5.41) is 23.2. The third-order valence-electron chi connectivity index (χ3n) is 7.82. The highest BCUT2D eigenvalue weighted by atomic mass is 32.2. The van der Waals surface area contributed by atoms with Crippen molar-refractivity contribution >= 4 is 40.3 Å². The van der Waals surface area contributed by atoms with Gasteiger partial charge in [-0.1, -0.05) is 20.8 Å². The van der Waals surface area contributed by atoms with Gasteiger partial charge >= 0.3 is 0 Å². The predicted molar refractivity (Wildman–Crippen MR) is 130 cm³/mol. The van der Waals surface area contributed by atoms with Crippen molar-refractivity contribution in [3.05, 3.63) is 63.3 Å². The summed E-state index contributed by atoms with van der Waals surface area (Å²) in [4.78, 5) is 23.6. The number of hydrogen-bond acceptors (Lipinski definition) is 6. The average Bonchev–Trinajstić information content (AvgIpc) is 3.48. The van der Waals surface area contributed by atoms with E-state index < -0.39 is 4.92 Å². The van der Waals surface area contributed by atoms with Gasteiger partial charge in [-0.3, -0.25) is 20.2 Å². The molecular formula is C24H25N5O3S. The Labute approximate surface area is 196 Å². The van der Waals surface area contributed by atoms with E-state index in [-0.39, 0.29) is 22.4 Å². The third-order valence-corrected chi connectivity index (χ3v) is 8.72. The van der Waals surface area contributed by atoms with Crippen LogP contribution < -0.4 is 5.32 Å². The molecule has 3 fully saturated rings. The van der Waals surface area contributed by atoms with Crippen molar-refractivity contribution in [3.8, 4) is 5.69 Å². The number of nitrogens with one attached hydrogen (secondary N) is 1. The number of benzene rings is 1. The predicted octanol–water partition coefficient (Wildman–Crippen LogP) is 5.15. The van der Waals surface area contributed by atoms with E-state index in [2.05, 4.69) is 36.3 Å². The van der Waals surface area contributed by atoms with Crippen molar-refractivity contribution in [2.45, 2.75) is 40.0 Å². The molecular weight excluding hydrogens is 438 g/mol. The molecule has 1 N–H and O–H groups in total. The number of fused-ring (bicyclic) bond motifs is 2. The summed E-state index contributed by atoms with van der Waals surface area (Å²) >= 11 is 1.27. The number of amidine groups is 1. The fraction of sp³-hybridized carbons (Fsp3) is 0.375. The van der Waals surface area contributed by atoms with Gasteiger partial charge in [-0.15, -0.1) is 5.10 Å². The van der Waals surface area contributed by atoms with Crippen LogP contribution in [-0.4, -0.2) is 26.3 Å². The zero-order valence-electron chi connectivity index (χ0n) is 18.7. The Morgan fingerprint density at radius 2 is 1.97 bits per heavy atom. The summed E-state index contributed by atoms with van der Waals surface area (Å²) < 4.78 is 1.87. The smallest absolute Gasteiger partial charge is 0.269 e. The Kier molecular flexibility index (Phi) is 5.04. The van der Waals surface area contributed by atoms with Gasteiger partial charge < -0.3 is 4.57 Å². The quantitative estimate of drug-likeness (QED) is 0.385. The van der Waals surface area contributed by atoms with E-state index in [9.17, 15) is 14.9 Å². The highest BCUT2D eigenvalue weighted by molar-refractivity contribution is 8.18. The second-order valence-electron chi connectivity index (χ2n) is 9.59. The molecule has 2 unspecified atom stereocenters. The van der Waals surface area contributed by atoms with E-state index in [0.717, 1.165) is 29.9 Å². The maximum Gasteiger partial charge on any atom is 0.269 e. The first-order valence-electron chi connectivity index (χ1n) is 11.0. The normalized spacial score (nSPS) is 29.4. The van der Waals surface area contributed by atoms with Crippen molar-refractivity contribution in [1.29, 1.82) is 0 Å². The van der Waals surface area contributed by atoms with E-state index in [1.165, 1.54) is 30.3 Å². The van der Waals surface area contributed by atoms with Crippen molar-refractivity contribution in [2.75, 3.05) is 0 Å². The number of aromatic nitrogens is 1. The molecule has 1 aromatic carbocycles. The van der Waals surface area contributed by atoms with Crippen LogP contribution in [-0.2, 0) is 4.79 Å². The molecule has 33 heavy (non-hydrogen) atoms. The first kappa shape index (κ1) is 21.6. The van der Waals surface area contributed by atoms with Gasteiger partial charge in [0, 0.05) is 40.8 Å². The zero-order valence-corrected chi connectivity index (χ0v) is 19.6. The van der Waals surface area contributed by atoms with Gasteiger partial charge in [0.05, 0.1) is 9.83 Å². The van der Waals surface area contributed by atoms with Gasteiger partial charge in [-0.2, -0.15) is 5.10 Å². The van der Waals surface area contributed by atoms with E-state index in [0.29, 0.717) is 16.0 Å². The summed E-state index contributed by atoms with van der Waals surface area (Å²) in [7, 11) is 0. The Morgan fingerprint density at radius 1 is 1.21 bits per heavy atom. The van der Waals surface area contributed by atoms with E-state index in [1.807, 2.05) is 22.9 Å². The van der Waals surface area contributed by atoms with Gasteiger partial charge in [0.2, 0.25) is 0 Å². The molecule has 2 heterocycles. The Hall–Kier alpha value is -3.20. The summed E-state index contributed by atoms with van der Waals surface area (Å²) in [5.74, 6) is 0.435. The SMILES string of the molecule is CC12CCC(CC1=NN=C1NC(=O)C(=Cc3cccn3-c3ccc([N+](=O)[O-])cc3)S1)C2(C)C. The number of nitro groups is 1. The second-order valence-corrected chi connectivity index (χ2v) is 10.6. The largest absolute Gasteiger partial charge is 0.317 e. The van der Waals surface area contributed by atoms with Gasteiger partial charge in [0.1, 0.15) is 0 Å². The molecule has 2 aromatic rings. The van der Waals surface area contributed by atoms with Crippen LogP contribution in [0.1, 0.15) is 45.7 Å². The van der Waals surface area contributed by atoms with Gasteiger partial charge in [0.15, 0.2) is 5.17 Å². The summed E-state index contributed by atoms with van der Waals surface area (Å²) in [5.41, 5.74) is 3.03. The number of non-ortho nitro benzene ring substituents is 1. The van der Waals surface area contributed by atoms with Gasteiger partial charge in [0.25, 0.3) is 11.6 Å². The Morgan fingerprint density at radius 3 is 2.61 bits per heavy atom. The van der Waals surface area contributed by atoms with Gasteiger partial charge in [-0.05, 0) is 72.7 Å². The van der Waals surface area contributed by atoms with Crippen LogP contribution in [0, 0.1) is 26.9 Å². The average molecular weight is 464 g/mol. The molecule has 2 saturated carbocycles. The molecule has 8 nitrogen and oxygen atoms in total. The monoisotopic (exact) mass is 463 g/mol. The molecule has 1 aliphatic heterocycles. The molecule has 3 aliphatic rings. The molecule has 9 heteroatoms. The van der Waals surface area contributed by atoms with Gasteiger partial charge in [-0.25, -0.2) is 0 Å². The lowest BCUT2D eigenvalue weighted by atomic mass is 9.70. The van der Waals surface area contributed by atoms with Crippen molar-refractivity contribution in [3.63, 3.8) is 0 Å². The lowest BCUT2D eigenvalue weighted by Crippen LogP contribution is -2.32. The first-order chi connectivity index (χ1) is 15.7. The summed E-state index contributed by atoms with van der Waals surface area (Å²) in [6, 6.07) is 10.0. The van der Waals surface area contributed by atoms with Crippen LogP contribution >= 0.6 is 11.8 Å².